The van der Waals surface area contributed by atoms with Crippen LogP contribution in [-0.2, 0) is 84.8 Å². The van der Waals surface area contributed by atoms with Crippen LogP contribution in [0.4, 0.5) is 17.3 Å². The molecule has 3 aliphatic rings. The number of amides is 1. The highest BCUT2D eigenvalue weighted by molar-refractivity contribution is 7.94. The van der Waals surface area contributed by atoms with Gasteiger partial charge in [0.15, 0.2) is 44.6 Å². The summed E-state index contributed by atoms with van der Waals surface area (Å²) in [5.41, 5.74) is 9.44. The van der Waals surface area contributed by atoms with Crippen LogP contribution in [0.25, 0.3) is 32.6 Å². The molecule has 0 aliphatic carbocycles. The normalized spacial score (nSPS) is 20.0. The monoisotopic (exact) mass is 1380 g/mol. The van der Waals surface area contributed by atoms with Gasteiger partial charge in [-0.1, -0.05) is 50.0 Å². The highest BCUT2D eigenvalue weighted by Gasteiger charge is 2.47. The number of phosphoric acid groups is 3. The Morgan fingerprint density at radius 3 is 2.27 bits per heavy atom. The summed E-state index contributed by atoms with van der Waals surface area (Å²) in [7, 11) is -16.8. The lowest BCUT2D eigenvalue weighted by Gasteiger charge is -2.26. The second-order valence-corrected chi connectivity index (χ2v) is 29.9. The minimum absolute atomic E-state index is 0.00648. The topological polar surface area (TPSA) is 422 Å². The Hall–Kier alpha value is -5.69. The maximum absolute atomic E-state index is 13.2. The number of phosphoric ester groups is 1. The van der Waals surface area contributed by atoms with Crippen LogP contribution >= 0.6 is 35.5 Å². The second-order valence-electron chi connectivity index (χ2n) is 21.9. The van der Waals surface area contributed by atoms with Gasteiger partial charge in [-0.05, 0) is 111 Å². The number of H-pyrrole nitrogens is 1. The molecule has 35 heteroatoms. The van der Waals surface area contributed by atoms with E-state index in [1.807, 2.05) is 69.4 Å². The number of allylic oxidation sites excluding steroid dienone is 6. The predicted molar refractivity (Wildman–Crippen MR) is 336 cm³/mol. The fourth-order valence-electron chi connectivity index (χ4n) is 11.8. The van der Waals surface area contributed by atoms with Gasteiger partial charge in [0.05, 0.1) is 62.3 Å². The standard InChI is InChI=1S/C55H62N7O21P3S4/c1-6-60-40-21-19-36-38(26-34(88(73)74)28-42(36)87-81-65)49(40)54(2,3)44(60)15-9-7-10-16-45-55(4,5)50-39-27-35(89(75)76)29-43(90(77)78)37(39)20-22-41(50)61(45)25-12-8-11-17-46(63)57-24-13-14-32-30-62(51-48(32)52(64)59-53(56)58-51)47-23-18-33(80-47)31-79-85(69,70)83-86(71,72)82-84(66,67)68/h7,9-10,15-16,19-22,26-30,33,47H,6,8,11-12,17-18,23-25,31H2,1-5H3,(H11-,56,57,58,59,63,64,65,66,67,68,69,70,71,72,73,74,75,76,77,78)/p+1. The van der Waals surface area contributed by atoms with E-state index in [0.717, 1.165) is 44.7 Å². The third-order valence-corrected chi connectivity index (χ3v) is 21.8. The lowest BCUT2D eigenvalue weighted by molar-refractivity contribution is -0.438. The fraction of sp³-hybridized carbons (Fsp3) is 0.345. The van der Waals surface area contributed by atoms with E-state index in [1.165, 1.54) is 22.9 Å². The second kappa shape index (κ2) is 27.5. The predicted octanol–water partition coefficient (Wildman–Crippen LogP) is 8.79. The largest absolute Gasteiger partial charge is 0.490 e. The number of carbonyl (C=O) groups excluding carboxylic acids is 1. The zero-order valence-corrected chi connectivity index (χ0v) is 54.5. The zero-order chi connectivity index (χ0) is 65.4. The van der Waals surface area contributed by atoms with E-state index < -0.39 is 92.0 Å². The summed E-state index contributed by atoms with van der Waals surface area (Å²) in [6.45, 7) is 10.5. The average Bonchev–Trinajstić information content (AvgIpc) is 1.51. The molecule has 7 unspecified atom stereocenters. The molecule has 90 heavy (non-hydrogen) atoms. The average molecular weight is 1380 g/mol. The summed E-state index contributed by atoms with van der Waals surface area (Å²) in [5, 5.41) is 14.6. The van der Waals surface area contributed by atoms with Gasteiger partial charge >= 0.3 is 23.5 Å². The highest BCUT2D eigenvalue weighted by Crippen LogP contribution is 2.66. The van der Waals surface area contributed by atoms with Crippen molar-refractivity contribution in [3.63, 3.8) is 0 Å². The summed E-state index contributed by atoms with van der Waals surface area (Å²) in [5.74, 6) is 5.22. The fourth-order valence-corrected chi connectivity index (χ4v) is 16.9. The number of likely N-dealkylation sites (N-methyl/N-ethyl adjacent to an activating group) is 1. The summed E-state index contributed by atoms with van der Waals surface area (Å²) >= 11 is -6.59. The molecule has 0 bridgehead atoms. The van der Waals surface area contributed by atoms with Crippen LogP contribution < -0.4 is 21.5 Å². The number of nitrogens with two attached hydrogens (primary N) is 1. The molecule has 6 aromatic rings. The van der Waals surface area contributed by atoms with E-state index in [2.05, 4.69) is 63.4 Å². The third kappa shape index (κ3) is 14.9. The van der Waals surface area contributed by atoms with Gasteiger partial charge in [-0.2, -0.15) is 22.5 Å². The summed E-state index contributed by atoms with van der Waals surface area (Å²) < 4.78 is 129. The molecule has 3 aliphatic heterocycles. The Morgan fingerprint density at radius 2 is 1.59 bits per heavy atom. The Labute approximate surface area is 526 Å². The lowest BCUT2D eigenvalue weighted by atomic mass is 9.79. The van der Waals surface area contributed by atoms with Crippen molar-refractivity contribution in [3.8, 4) is 11.8 Å². The van der Waals surface area contributed by atoms with Gasteiger partial charge in [-0.3, -0.25) is 19.1 Å². The Balaban J connectivity index is 0.885. The van der Waals surface area contributed by atoms with Gasteiger partial charge in [0.1, 0.15) is 12.8 Å². The van der Waals surface area contributed by atoms with Gasteiger partial charge in [0.2, 0.25) is 17.5 Å². The van der Waals surface area contributed by atoms with Crippen LogP contribution in [0.1, 0.15) is 96.1 Å². The van der Waals surface area contributed by atoms with Crippen molar-refractivity contribution in [1.82, 2.24) is 19.9 Å². The number of fused-ring (bicyclic) bond motifs is 7. The lowest BCUT2D eigenvalue weighted by Crippen LogP contribution is -2.28. The smallest absolute Gasteiger partial charge is 0.369 e. The zero-order valence-electron chi connectivity index (χ0n) is 48.5. The van der Waals surface area contributed by atoms with E-state index in [1.54, 1.807) is 18.2 Å². The minimum Gasteiger partial charge on any atom is -0.369 e. The molecule has 4 aromatic carbocycles. The first-order valence-corrected chi connectivity index (χ1v) is 36.1. The number of carbonyl (C=O) groups is 1. The number of nitrogens with zero attached hydrogens (tertiary/aromatic N) is 4. The number of hydrogen-bond acceptors (Lipinski definition) is 18. The number of aromatic nitrogens is 3. The molecule has 482 valence electrons. The minimum atomic E-state index is -5.74. The molecule has 1 amide bonds. The van der Waals surface area contributed by atoms with E-state index in [9.17, 15) is 64.6 Å². The molecule has 12 N–H and O–H groups in total. The molecule has 1 saturated heterocycles. The van der Waals surface area contributed by atoms with E-state index in [-0.39, 0.29) is 68.9 Å². The van der Waals surface area contributed by atoms with Gasteiger partial charge in [0, 0.05) is 70.4 Å². The van der Waals surface area contributed by atoms with E-state index >= 15 is 0 Å². The van der Waals surface area contributed by atoms with Crippen molar-refractivity contribution < 1.29 is 96.4 Å². The Kier molecular flexibility index (Phi) is 21.0. The molecule has 1 fully saturated rings. The molecule has 7 atom stereocenters. The van der Waals surface area contributed by atoms with Gasteiger partial charge < -0.3 is 58.5 Å². The van der Waals surface area contributed by atoms with Crippen molar-refractivity contribution in [2.75, 3.05) is 36.9 Å². The Bertz CT molecular complexity index is 4380. The van der Waals surface area contributed by atoms with Crippen LogP contribution in [0.5, 0.6) is 0 Å². The molecular weight excluding hydrogens is 1320 g/mol. The van der Waals surface area contributed by atoms with Crippen LogP contribution in [0.2, 0.25) is 0 Å². The first-order chi connectivity index (χ1) is 42.4. The van der Waals surface area contributed by atoms with Crippen LogP contribution in [0.15, 0.2) is 115 Å². The highest BCUT2D eigenvalue weighted by atomic mass is 32.2. The van der Waals surface area contributed by atoms with Crippen LogP contribution in [0.3, 0.4) is 0 Å². The van der Waals surface area contributed by atoms with Crippen molar-refractivity contribution in [2.45, 2.75) is 116 Å². The SMILES string of the molecule is CCN1C(=CC=CC=CC2=[N+](CCCCCC(=O)NCC#Cc3cn(C4CCC(COP(=O)(O)OP(=O)(O)OP(=O)(O)O)O4)c4nc(N)[nH]c(=O)c34)c3ccc4c(S(=O)O)cc(S(=O)O)cc4c3C2(C)C)C(C)(C)c2c1ccc1c(SOO)cc(S(=O)O)cc21. The van der Waals surface area contributed by atoms with Gasteiger partial charge in [-0.15, -0.1) is 0 Å². The number of rotatable bonds is 24. The number of aromatic amines is 1. The maximum Gasteiger partial charge on any atom is 0.490 e. The van der Waals surface area contributed by atoms with Gasteiger partial charge in [-0.25, -0.2) is 31.6 Å². The number of anilines is 2. The van der Waals surface area contributed by atoms with Gasteiger partial charge in [0.25, 0.3) is 5.56 Å². The summed E-state index contributed by atoms with van der Waals surface area (Å²) in [4.78, 5) is 72.7. The molecule has 0 radical (unpaired) electrons. The first-order valence-electron chi connectivity index (χ1n) is 27.5. The number of benzene rings is 4. The van der Waals surface area contributed by atoms with Crippen molar-refractivity contribution in [2.24, 2.45) is 0 Å². The molecular formula is C55H63N7O21P3S4+. The molecule has 5 heterocycles. The van der Waals surface area contributed by atoms with Crippen LogP contribution in [0, 0.1) is 11.8 Å². The molecule has 28 nitrogen and oxygen atoms in total. The number of nitrogens with one attached hydrogen (secondary N) is 2. The van der Waals surface area contributed by atoms with Crippen molar-refractivity contribution in [1.29, 1.82) is 0 Å². The number of nitrogen functional groups attached to an aromatic ring is 1. The molecule has 0 spiro atoms. The third-order valence-electron chi connectivity index (χ3n) is 15.4. The maximum atomic E-state index is 13.2. The van der Waals surface area contributed by atoms with E-state index in [0.29, 0.717) is 60.1 Å². The Morgan fingerprint density at radius 1 is 0.889 bits per heavy atom. The first kappa shape index (κ1) is 68.7. The van der Waals surface area contributed by atoms with Crippen molar-refractivity contribution >= 4 is 130 Å². The summed E-state index contributed by atoms with van der Waals surface area (Å²) in [6, 6.07) is 13.5. The number of unbranched alkanes of at least 4 members (excludes halogenated alkanes) is 2. The van der Waals surface area contributed by atoms with Crippen LogP contribution in [-0.4, -0.2) is 114 Å². The summed E-state index contributed by atoms with van der Waals surface area (Å²) in [6.07, 6.45) is 11.7. The molecule has 0 saturated carbocycles. The quantitative estimate of drug-likeness (QED) is 0.00310. The number of ether oxygens (including phenoxy) is 1. The van der Waals surface area contributed by atoms with Crippen molar-refractivity contribution in [3.05, 3.63) is 118 Å². The molecule has 9 rings (SSSR count). The molecule has 2 aromatic heterocycles. The van der Waals surface area contributed by atoms with E-state index in [4.69, 9.17) is 24.8 Å². The number of hydrogen-bond donors (Lipinski definition) is 11.